The third-order valence-corrected chi connectivity index (χ3v) is 5.12. The number of Topliss-reactive ketones (excluding diaryl/α,β-unsaturated/α-hetero) is 1. The first-order chi connectivity index (χ1) is 7.59. The largest absolute Gasteiger partial charge is 0.293 e. The highest BCUT2D eigenvalue weighted by molar-refractivity contribution is 7.14. The molecule has 1 aromatic rings. The highest BCUT2D eigenvalue weighted by Crippen LogP contribution is 2.45. The highest BCUT2D eigenvalue weighted by Gasteiger charge is 2.40. The minimum absolute atomic E-state index is 0.0257. The average Bonchev–Trinajstić information content (AvgIpc) is 2.85. The van der Waals surface area contributed by atoms with E-state index in [1.807, 2.05) is 0 Å². The highest BCUT2D eigenvalue weighted by atomic mass is 32.1. The zero-order valence-corrected chi connectivity index (χ0v) is 11.2. The van der Waals surface area contributed by atoms with Crippen molar-refractivity contribution in [1.29, 1.82) is 0 Å². The maximum atomic E-state index is 12.6. The van der Waals surface area contributed by atoms with Crippen LogP contribution in [-0.4, -0.2) is 5.78 Å². The van der Waals surface area contributed by atoms with Gasteiger partial charge in [0.1, 0.15) is 0 Å². The summed E-state index contributed by atoms with van der Waals surface area (Å²) >= 11 is 1.67. The molecule has 0 aliphatic heterocycles. The number of rotatable bonds is 3. The summed E-state index contributed by atoms with van der Waals surface area (Å²) in [7, 11) is 0. The third-order valence-electron chi connectivity index (χ3n) is 3.97. The quantitative estimate of drug-likeness (QED) is 0.705. The van der Waals surface area contributed by atoms with E-state index in [9.17, 15) is 4.79 Å². The van der Waals surface area contributed by atoms with Gasteiger partial charge in [-0.15, -0.1) is 11.3 Å². The summed E-state index contributed by atoms with van der Waals surface area (Å²) in [5, 5.41) is 0. The molecule has 0 N–H and O–H groups in total. The molecule has 0 atom stereocenters. The lowest BCUT2D eigenvalue weighted by Crippen LogP contribution is -2.27. The van der Waals surface area contributed by atoms with E-state index in [0.29, 0.717) is 5.78 Å². The van der Waals surface area contributed by atoms with Gasteiger partial charge in [0.15, 0.2) is 5.78 Å². The van der Waals surface area contributed by atoms with Crippen molar-refractivity contribution in [1.82, 2.24) is 0 Å². The van der Waals surface area contributed by atoms with Crippen LogP contribution in [0.2, 0.25) is 0 Å². The van der Waals surface area contributed by atoms with Gasteiger partial charge in [-0.05, 0) is 44.7 Å². The summed E-state index contributed by atoms with van der Waals surface area (Å²) in [6.07, 6.45) is 5.64. The van der Waals surface area contributed by atoms with Crippen molar-refractivity contribution in [3.05, 3.63) is 21.4 Å². The van der Waals surface area contributed by atoms with Crippen LogP contribution >= 0.6 is 11.3 Å². The maximum Gasteiger partial charge on any atom is 0.179 e. The molecule has 0 aromatic carbocycles. The molecule has 2 heteroatoms. The molecule has 1 aliphatic rings. The summed E-state index contributed by atoms with van der Waals surface area (Å²) in [4.78, 5) is 14.9. The molecule has 0 bridgehead atoms. The van der Waals surface area contributed by atoms with Crippen molar-refractivity contribution in [3.8, 4) is 0 Å². The number of thiophene rings is 1. The summed E-state index contributed by atoms with van der Waals surface area (Å²) in [6, 6.07) is 2.14. The second-order valence-electron chi connectivity index (χ2n) is 5.04. The number of aryl methyl sites for hydroxylation is 2. The van der Waals surface area contributed by atoms with Crippen LogP contribution < -0.4 is 0 Å². The molecule has 2 rings (SSSR count). The van der Waals surface area contributed by atoms with Gasteiger partial charge in [0.2, 0.25) is 0 Å². The fourth-order valence-electron chi connectivity index (χ4n) is 2.90. The fourth-order valence-corrected chi connectivity index (χ4v) is 3.99. The summed E-state index contributed by atoms with van der Waals surface area (Å²) in [5.74, 6) is 0.420. The SMILES string of the molecule is CCC1(C(=O)c2sc(C)cc2C)CCCC1. The van der Waals surface area contributed by atoms with Gasteiger partial charge in [0.05, 0.1) is 4.88 Å². The Morgan fingerprint density at radius 3 is 2.44 bits per heavy atom. The lowest BCUT2D eigenvalue weighted by molar-refractivity contribution is 0.0795. The Morgan fingerprint density at radius 1 is 1.38 bits per heavy atom. The first-order valence-electron chi connectivity index (χ1n) is 6.21. The van der Waals surface area contributed by atoms with Gasteiger partial charge in [-0.25, -0.2) is 0 Å². The second kappa shape index (κ2) is 4.33. The Kier molecular flexibility index (Phi) is 3.20. The van der Waals surface area contributed by atoms with E-state index in [2.05, 4.69) is 26.8 Å². The minimum Gasteiger partial charge on any atom is -0.293 e. The Bertz CT molecular complexity index is 397. The van der Waals surface area contributed by atoms with Gasteiger partial charge in [-0.3, -0.25) is 4.79 Å². The molecule has 1 nitrogen and oxygen atoms in total. The molecule has 0 amide bonds. The standard InChI is InChI=1S/C14H20OS/c1-4-14(7-5-6-8-14)13(15)12-10(2)9-11(3)16-12/h9H,4-8H2,1-3H3. The molecule has 1 saturated carbocycles. The molecule has 0 unspecified atom stereocenters. The lowest BCUT2D eigenvalue weighted by Gasteiger charge is -2.25. The molecular formula is C14H20OS. The number of hydrogen-bond acceptors (Lipinski definition) is 2. The Morgan fingerprint density at radius 2 is 2.00 bits per heavy atom. The van der Waals surface area contributed by atoms with Crippen LogP contribution in [0.5, 0.6) is 0 Å². The van der Waals surface area contributed by atoms with Crippen LogP contribution in [0.3, 0.4) is 0 Å². The zero-order chi connectivity index (χ0) is 11.8. The van der Waals surface area contributed by atoms with Crippen molar-refractivity contribution in [2.75, 3.05) is 0 Å². The van der Waals surface area contributed by atoms with Crippen LogP contribution in [0.4, 0.5) is 0 Å². The molecule has 0 saturated heterocycles. The van der Waals surface area contributed by atoms with Crippen molar-refractivity contribution in [2.24, 2.45) is 5.41 Å². The molecule has 1 fully saturated rings. The van der Waals surface area contributed by atoms with Crippen LogP contribution in [0.15, 0.2) is 6.07 Å². The van der Waals surface area contributed by atoms with E-state index in [1.54, 1.807) is 11.3 Å². The number of carbonyl (C=O) groups excluding carboxylic acids is 1. The van der Waals surface area contributed by atoms with Gasteiger partial charge >= 0.3 is 0 Å². The van der Waals surface area contributed by atoms with E-state index in [0.717, 1.165) is 24.1 Å². The summed E-state index contributed by atoms with van der Waals surface area (Å²) in [6.45, 7) is 6.32. The summed E-state index contributed by atoms with van der Waals surface area (Å²) < 4.78 is 0. The van der Waals surface area contributed by atoms with Gasteiger partial charge < -0.3 is 0 Å². The van der Waals surface area contributed by atoms with Crippen molar-refractivity contribution in [3.63, 3.8) is 0 Å². The zero-order valence-electron chi connectivity index (χ0n) is 10.4. The lowest BCUT2D eigenvalue weighted by atomic mass is 9.78. The van der Waals surface area contributed by atoms with E-state index < -0.39 is 0 Å². The second-order valence-corrected chi connectivity index (χ2v) is 6.30. The molecule has 1 aliphatic carbocycles. The minimum atomic E-state index is -0.0257. The van der Waals surface area contributed by atoms with Crippen molar-refractivity contribution in [2.45, 2.75) is 52.9 Å². The molecule has 1 aromatic heterocycles. The molecule has 1 heterocycles. The van der Waals surface area contributed by atoms with Crippen molar-refractivity contribution >= 4 is 17.1 Å². The smallest absolute Gasteiger partial charge is 0.179 e. The fraction of sp³-hybridized carbons (Fsp3) is 0.643. The maximum absolute atomic E-state index is 12.6. The predicted octanol–water partition coefficient (Wildman–Crippen LogP) is 4.52. The third kappa shape index (κ3) is 1.84. The van der Waals surface area contributed by atoms with Crippen LogP contribution in [0.25, 0.3) is 0 Å². The Hall–Kier alpha value is -0.630. The Labute approximate surface area is 102 Å². The average molecular weight is 236 g/mol. The Balaban J connectivity index is 2.33. The first kappa shape index (κ1) is 11.8. The number of hydrogen-bond donors (Lipinski definition) is 0. The van der Waals surface area contributed by atoms with E-state index in [1.165, 1.54) is 23.3 Å². The van der Waals surface area contributed by atoms with Crippen molar-refractivity contribution < 1.29 is 4.79 Å². The van der Waals surface area contributed by atoms with E-state index >= 15 is 0 Å². The van der Waals surface area contributed by atoms with E-state index in [-0.39, 0.29) is 5.41 Å². The van der Waals surface area contributed by atoms with Gasteiger partial charge in [0.25, 0.3) is 0 Å². The number of ketones is 1. The molecule has 0 radical (unpaired) electrons. The topological polar surface area (TPSA) is 17.1 Å². The monoisotopic (exact) mass is 236 g/mol. The molecule has 88 valence electrons. The van der Waals surface area contributed by atoms with Crippen LogP contribution in [0.1, 0.15) is 59.1 Å². The van der Waals surface area contributed by atoms with Crippen LogP contribution in [0, 0.1) is 19.3 Å². The molecule has 0 spiro atoms. The van der Waals surface area contributed by atoms with Gasteiger partial charge in [-0.2, -0.15) is 0 Å². The predicted molar refractivity (Wildman–Crippen MR) is 69.3 cm³/mol. The summed E-state index contributed by atoms with van der Waals surface area (Å²) in [5.41, 5.74) is 1.15. The van der Waals surface area contributed by atoms with Gasteiger partial charge in [-0.1, -0.05) is 19.8 Å². The molecular weight excluding hydrogens is 216 g/mol. The molecule has 16 heavy (non-hydrogen) atoms. The number of carbonyl (C=O) groups is 1. The first-order valence-corrected chi connectivity index (χ1v) is 7.02. The normalized spacial score (nSPS) is 18.9. The van der Waals surface area contributed by atoms with Gasteiger partial charge in [0, 0.05) is 10.3 Å². The van der Waals surface area contributed by atoms with Crippen LogP contribution in [-0.2, 0) is 0 Å². The van der Waals surface area contributed by atoms with E-state index in [4.69, 9.17) is 0 Å².